The fourth-order valence-corrected chi connectivity index (χ4v) is 5.79. The number of allylic oxidation sites excluding steroid dienone is 2. The summed E-state index contributed by atoms with van der Waals surface area (Å²) in [6, 6.07) is 3.62. The maximum atomic E-state index is 14.9. The third kappa shape index (κ3) is 6.55. The molecule has 3 aliphatic rings. The number of esters is 1. The second kappa shape index (κ2) is 13.1. The number of nitrogens with zero attached hydrogens (tertiary/aromatic N) is 2. The second-order valence-electron chi connectivity index (χ2n) is 9.56. The quantitative estimate of drug-likeness (QED) is 0.275. The zero-order valence-corrected chi connectivity index (χ0v) is 23.5. The molecular weight excluding hydrogens is 533 g/mol. The molecule has 0 bridgehead atoms. The maximum absolute atomic E-state index is 14.9. The van der Waals surface area contributed by atoms with Crippen molar-refractivity contribution in [2.24, 2.45) is 10.9 Å². The first kappa shape index (κ1) is 29.3. The van der Waals surface area contributed by atoms with E-state index in [0.29, 0.717) is 43.3 Å². The summed E-state index contributed by atoms with van der Waals surface area (Å²) in [5, 5.41) is 14.4. The molecule has 0 amide bonds. The predicted molar refractivity (Wildman–Crippen MR) is 153 cm³/mol. The maximum Gasteiger partial charge on any atom is 0.338 e. The number of carbonyl (C=O) groups is 2. The molecule has 1 saturated heterocycles. The number of aliphatic imine (C=N–C) groups is 1. The zero-order chi connectivity index (χ0) is 28.8. The molecule has 3 atom stereocenters. The van der Waals surface area contributed by atoms with Crippen LogP contribution in [0.15, 0.2) is 68.6 Å². The number of morpholine rings is 1. The van der Waals surface area contributed by atoms with E-state index in [0.717, 1.165) is 16.6 Å². The van der Waals surface area contributed by atoms with Crippen molar-refractivity contribution in [2.45, 2.75) is 32.9 Å². The third-order valence-corrected chi connectivity index (χ3v) is 7.97. The van der Waals surface area contributed by atoms with Crippen LogP contribution in [0.2, 0.25) is 0 Å². The number of thioether (sulfide) groups is 1. The Morgan fingerprint density at radius 2 is 2.23 bits per heavy atom. The topological polar surface area (TPSA) is 100 Å². The van der Waals surface area contributed by atoms with Crippen LogP contribution in [0.5, 0.6) is 0 Å². The van der Waals surface area contributed by atoms with Crippen molar-refractivity contribution in [1.29, 1.82) is 0 Å². The van der Waals surface area contributed by atoms with Crippen molar-refractivity contribution in [1.82, 2.24) is 10.2 Å². The summed E-state index contributed by atoms with van der Waals surface area (Å²) in [6.45, 7) is 7.64. The van der Waals surface area contributed by atoms with Gasteiger partial charge in [0.15, 0.2) is 0 Å². The summed E-state index contributed by atoms with van der Waals surface area (Å²) in [7, 11) is 0. The minimum Gasteiger partial charge on any atom is -0.478 e. The Bertz CT molecular complexity index is 1370. The van der Waals surface area contributed by atoms with Gasteiger partial charge in [0.25, 0.3) is 0 Å². The SMILES string of the molecule is C#Cc1c(F)cccc1[C@@H]1N=C(C2=C(C)C(C)C=CS2)NC(CN2CCO[C@H](/C=C/C(=O)O)C2)=C1C(=O)OCC. The highest BCUT2D eigenvalue weighted by Gasteiger charge is 2.36. The van der Waals surface area contributed by atoms with Gasteiger partial charge in [0.2, 0.25) is 0 Å². The highest BCUT2D eigenvalue weighted by molar-refractivity contribution is 8.06. The fourth-order valence-electron chi connectivity index (χ4n) is 4.75. The van der Waals surface area contributed by atoms with Gasteiger partial charge in [-0.1, -0.05) is 42.8 Å². The van der Waals surface area contributed by atoms with E-state index in [1.165, 1.54) is 23.9 Å². The number of hydrogen-bond acceptors (Lipinski definition) is 8. The average Bonchev–Trinajstić information content (AvgIpc) is 2.93. The Hall–Kier alpha value is -3.65. The normalized spacial score (nSPS) is 23.6. The predicted octanol–water partition coefficient (Wildman–Crippen LogP) is 4.18. The summed E-state index contributed by atoms with van der Waals surface area (Å²) in [6.07, 6.45) is 9.97. The Labute approximate surface area is 237 Å². The number of carboxylic acids is 1. The van der Waals surface area contributed by atoms with Crippen molar-refractivity contribution in [3.05, 3.63) is 80.5 Å². The lowest BCUT2D eigenvalue weighted by molar-refractivity contribution is -0.139. The highest BCUT2D eigenvalue weighted by Crippen LogP contribution is 2.39. The molecule has 2 N–H and O–H groups in total. The number of aliphatic carboxylic acids is 1. The summed E-state index contributed by atoms with van der Waals surface area (Å²) in [5.41, 5.74) is 2.36. The number of ether oxygens (including phenoxy) is 2. The Morgan fingerprint density at radius 1 is 1.43 bits per heavy atom. The van der Waals surface area contributed by atoms with E-state index in [1.807, 2.05) is 12.3 Å². The van der Waals surface area contributed by atoms with Gasteiger partial charge in [-0.25, -0.2) is 14.0 Å². The van der Waals surface area contributed by atoms with Gasteiger partial charge in [0, 0.05) is 31.4 Å². The van der Waals surface area contributed by atoms with Gasteiger partial charge >= 0.3 is 11.9 Å². The van der Waals surface area contributed by atoms with Crippen LogP contribution in [-0.2, 0) is 19.1 Å². The minimum atomic E-state index is -1.05. The highest BCUT2D eigenvalue weighted by atomic mass is 32.2. The van der Waals surface area contributed by atoms with Crippen LogP contribution in [0.4, 0.5) is 4.39 Å². The first-order valence-corrected chi connectivity index (χ1v) is 13.9. The molecule has 4 rings (SSSR count). The van der Waals surface area contributed by atoms with Gasteiger partial charge in [0.05, 0.1) is 35.4 Å². The number of amidine groups is 1. The molecule has 3 aliphatic heterocycles. The molecule has 10 heteroatoms. The van der Waals surface area contributed by atoms with Crippen molar-refractivity contribution < 1.29 is 28.6 Å². The molecule has 1 unspecified atom stereocenters. The first-order valence-electron chi connectivity index (χ1n) is 13.0. The van der Waals surface area contributed by atoms with Gasteiger partial charge in [-0.05, 0) is 48.5 Å². The lowest BCUT2D eigenvalue weighted by Crippen LogP contribution is -2.46. The van der Waals surface area contributed by atoms with Gasteiger partial charge < -0.3 is 19.9 Å². The summed E-state index contributed by atoms with van der Waals surface area (Å²) >= 11 is 1.52. The Kier molecular flexibility index (Phi) is 9.63. The van der Waals surface area contributed by atoms with Gasteiger partial charge in [-0.2, -0.15) is 0 Å². The number of nitrogens with one attached hydrogen (secondary N) is 1. The van der Waals surface area contributed by atoms with E-state index in [-0.39, 0.29) is 23.7 Å². The monoisotopic (exact) mass is 565 g/mol. The molecule has 1 aromatic carbocycles. The largest absolute Gasteiger partial charge is 0.478 e. The van der Waals surface area contributed by atoms with Crippen LogP contribution in [0.25, 0.3) is 0 Å². The van der Waals surface area contributed by atoms with E-state index >= 15 is 0 Å². The van der Waals surface area contributed by atoms with Crippen molar-refractivity contribution in [3.63, 3.8) is 0 Å². The third-order valence-electron chi connectivity index (χ3n) is 6.93. The number of carboxylic acid groups (broad SMARTS) is 1. The molecular formula is C30H32FN3O5S. The van der Waals surface area contributed by atoms with Crippen molar-refractivity contribution >= 4 is 29.5 Å². The Balaban J connectivity index is 1.82. The smallest absolute Gasteiger partial charge is 0.338 e. The second-order valence-corrected chi connectivity index (χ2v) is 10.5. The fraction of sp³-hybridized carbons (Fsp3) is 0.367. The van der Waals surface area contributed by atoms with E-state index in [2.05, 4.69) is 29.1 Å². The van der Waals surface area contributed by atoms with Crippen LogP contribution in [-0.4, -0.2) is 66.7 Å². The molecule has 0 saturated carbocycles. The van der Waals surface area contributed by atoms with E-state index in [9.17, 15) is 14.0 Å². The number of halogens is 1. The van der Waals surface area contributed by atoms with Gasteiger partial charge in [0.1, 0.15) is 17.7 Å². The summed E-state index contributed by atoms with van der Waals surface area (Å²) in [4.78, 5) is 32.4. The molecule has 3 heterocycles. The molecule has 0 radical (unpaired) electrons. The molecule has 40 heavy (non-hydrogen) atoms. The number of carbonyl (C=O) groups excluding carboxylic acids is 1. The Morgan fingerprint density at radius 3 is 2.95 bits per heavy atom. The number of rotatable bonds is 8. The van der Waals surface area contributed by atoms with Gasteiger partial charge in [-0.15, -0.1) is 6.42 Å². The summed E-state index contributed by atoms with van der Waals surface area (Å²) in [5.74, 6) is 0.995. The van der Waals surface area contributed by atoms with Crippen LogP contribution < -0.4 is 5.32 Å². The van der Waals surface area contributed by atoms with Crippen LogP contribution in [0.3, 0.4) is 0 Å². The van der Waals surface area contributed by atoms with E-state index < -0.39 is 29.9 Å². The molecule has 1 fully saturated rings. The standard InChI is InChI=1S/C30H32FN3O5S/c1-5-21-22(8-7-9-23(21)31)27-26(30(37)38-6-2)24(17-34-13-14-39-20(16-34)10-11-25(35)36)32-29(33-27)28-19(4)18(3)12-15-40-28/h1,7-12,15,18,20,27H,6,13-14,16-17H2,2-4H3,(H,32,33)(H,35,36)/b11-10+/t18?,20-,27+/m1/s1. The van der Waals surface area contributed by atoms with Crippen LogP contribution >= 0.6 is 11.8 Å². The molecule has 210 valence electrons. The van der Waals surface area contributed by atoms with Crippen molar-refractivity contribution in [3.8, 4) is 12.3 Å². The van der Waals surface area contributed by atoms with Crippen LogP contribution in [0, 0.1) is 24.1 Å². The average molecular weight is 566 g/mol. The van der Waals surface area contributed by atoms with E-state index in [1.54, 1.807) is 19.1 Å². The van der Waals surface area contributed by atoms with Crippen molar-refractivity contribution in [2.75, 3.05) is 32.8 Å². The zero-order valence-electron chi connectivity index (χ0n) is 22.6. The molecule has 0 aliphatic carbocycles. The number of terminal acetylenes is 1. The molecule has 0 aromatic heterocycles. The lowest BCUT2D eigenvalue weighted by Gasteiger charge is -2.35. The van der Waals surface area contributed by atoms with E-state index in [4.69, 9.17) is 26.0 Å². The van der Waals surface area contributed by atoms with Gasteiger partial charge in [-0.3, -0.25) is 9.89 Å². The summed E-state index contributed by atoms with van der Waals surface area (Å²) < 4.78 is 26.0. The molecule has 8 nitrogen and oxygen atoms in total. The molecule has 0 spiro atoms. The van der Waals surface area contributed by atoms with Crippen LogP contribution in [0.1, 0.15) is 37.9 Å². The lowest BCUT2D eigenvalue weighted by atomic mass is 9.91. The minimum absolute atomic E-state index is 0.0409. The number of benzene rings is 1. The first-order chi connectivity index (χ1) is 19.2. The molecule has 1 aromatic rings. The number of hydrogen-bond donors (Lipinski definition) is 2.